The van der Waals surface area contributed by atoms with Gasteiger partial charge in [0.1, 0.15) is 9.90 Å². The average Bonchev–Trinajstić information content (AvgIpc) is 2.88. The second kappa shape index (κ2) is 5.53. The molecule has 2 rings (SSSR count). The van der Waals surface area contributed by atoms with Gasteiger partial charge in [-0.05, 0) is 11.4 Å². The molecule has 21 heavy (non-hydrogen) atoms. The number of anilines is 1. The minimum Gasteiger partial charge on any atom is -0.311 e. The highest BCUT2D eigenvalue weighted by atomic mass is 32.2. The lowest BCUT2D eigenvalue weighted by Gasteiger charge is -2.16. The van der Waals surface area contributed by atoms with Crippen molar-refractivity contribution in [3.05, 3.63) is 47.3 Å². The van der Waals surface area contributed by atoms with Crippen LogP contribution in [0.1, 0.15) is 5.56 Å². The fraction of sp³-hybridized carbons (Fsp3) is 0.154. The highest BCUT2D eigenvalue weighted by molar-refractivity contribution is 7.91. The Bertz CT molecular complexity index is 755. The number of alkyl halides is 2. The third-order valence-corrected chi connectivity index (χ3v) is 4.78. The molecular weight excluding hydrogens is 320 g/mol. The zero-order valence-corrected chi connectivity index (χ0v) is 12.5. The molecule has 0 saturated carbocycles. The van der Waals surface area contributed by atoms with Crippen LogP contribution in [0.2, 0.25) is 0 Å². The van der Waals surface area contributed by atoms with Gasteiger partial charge in [0, 0.05) is 11.8 Å². The average molecular weight is 331 g/mol. The molecule has 0 bridgehead atoms. The van der Waals surface area contributed by atoms with Gasteiger partial charge in [0.2, 0.25) is 0 Å². The highest BCUT2D eigenvalue weighted by Crippen LogP contribution is 2.33. The zero-order chi connectivity index (χ0) is 15.7. The second-order valence-electron chi connectivity index (χ2n) is 4.28. The van der Waals surface area contributed by atoms with Crippen molar-refractivity contribution >= 4 is 32.1 Å². The van der Waals surface area contributed by atoms with Crippen molar-refractivity contribution < 1.29 is 22.0 Å². The normalized spacial score (nSPS) is 12.1. The molecule has 0 fully saturated rings. The Morgan fingerprint density at radius 2 is 1.81 bits per heavy atom. The number of halogens is 2. The predicted octanol–water partition coefficient (Wildman–Crippen LogP) is 2.88. The summed E-state index contributed by atoms with van der Waals surface area (Å²) in [4.78, 5) is 11.6. The number of carbonyl (C=O) groups is 1. The van der Waals surface area contributed by atoms with Gasteiger partial charge in [0.25, 0.3) is 5.91 Å². The van der Waals surface area contributed by atoms with Crippen LogP contribution in [0.15, 0.2) is 46.7 Å². The number of rotatable bonds is 4. The van der Waals surface area contributed by atoms with Crippen LogP contribution in [0.25, 0.3) is 0 Å². The Morgan fingerprint density at radius 3 is 2.38 bits per heavy atom. The van der Waals surface area contributed by atoms with Crippen molar-refractivity contribution in [2.45, 2.75) is 10.8 Å². The van der Waals surface area contributed by atoms with Crippen LogP contribution in [-0.2, 0) is 20.6 Å². The van der Waals surface area contributed by atoms with Crippen molar-refractivity contribution in [1.29, 1.82) is 0 Å². The van der Waals surface area contributed by atoms with Crippen molar-refractivity contribution in [3.63, 3.8) is 0 Å². The molecule has 4 nitrogen and oxygen atoms in total. The summed E-state index contributed by atoms with van der Waals surface area (Å²) in [5.74, 6) is -5.32. The maximum absolute atomic E-state index is 14.0. The Morgan fingerprint density at radius 1 is 1.19 bits per heavy atom. The number of nitrogens with one attached hydrogen (secondary N) is 1. The summed E-state index contributed by atoms with van der Waals surface area (Å²) in [6.45, 7) is 0. The topological polar surface area (TPSA) is 63.2 Å². The minimum atomic E-state index is -3.75. The molecule has 0 spiro atoms. The van der Waals surface area contributed by atoms with E-state index in [1.54, 1.807) is 6.07 Å². The summed E-state index contributed by atoms with van der Waals surface area (Å²) in [5.41, 5.74) is -0.458. The summed E-state index contributed by atoms with van der Waals surface area (Å²) < 4.78 is 51.0. The van der Waals surface area contributed by atoms with E-state index >= 15 is 0 Å². The highest BCUT2D eigenvalue weighted by Gasteiger charge is 2.41. The van der Waals surface area contributed by atoms with Crippen LogP contribution in [0, 0.1) is 0 Å². The number of thiophene rings is 1. The number of carbonyl (C=O) groups excluding carboxylic acids is 1. The smallest absolute Gasteiger partial charge is 0.311 e. The van der Waals surface area contributed by atoms with E-state index < -0.39 is 27.2 Å². The third-order valence-electron chi connectivity index (χ3n) is 2.68. The summed E-state index contributed by atoms with van der Waals surface area (Å²) in [5, 5.41) is 3.28. The quantitative estimate of drug-likeness (QED) is 0.937. The summed E-state index contributed by atoms with van der Waals surface area (Å²) in [6, 6.07) is 7.86. The number of hydrogen-bond acceptors (Lipinski definition) is 4. The van der Waals surface area contributed by atoms with Crippen LogP contribution < -0.4 is 5.32 Å². The first-order valence-electron chi connectivity index (χ1n) is 5.75. The van der Waals surface area contributed by atoms with E-state index in [0.717, 1.165) is 29.7 Å². The van der Waals surface area contributed by atoms with E-state index in [1.165, 1.54) is 23.6 Å². The minimum absolute atomic E-state index is 0.113. The van der Waals surface area contributed by atoms with E-state index in [-0.39, 0.29) is 9.90 Å². The molecule has 0 atom stereocenters. The molecule has 0 saturated heterocycles. The first kappa shape index (κ1) is 15.6. The van der Waals surface area contributed by atoms with E-state index in [1.807, 2.05) is 5.32 Å². The first-order chi connectivity index (χ1) is 9.73. The molecule has 0 aliphatic heterocycles. The fourth-order valence-corrected chi connectivity index (χ4v) is 3.70. The van der Waals surface area contributed by atoms with Crippen molar-refractivity contribution in [2.24, 2.45) is 0 Å². The van der Waals surface area contributed by atoms with Gasteiger partial charge in [0.15, 0.2) is 9.84 Å². The Hall–Kier alpha value is -1.80. The Kier molecular flexibility index (Phi) is 4.11. The SMILES string of the molecule is CS(=O)(=O)c1ccsc1NC(=O)C(F)(F)c1ccccc1. The van der Waals surface area contributed by atoms with E-state index in [4.69, 9.17) is 0 Å². The van der Waals surface area contributed by atoms with Crippen LogP contribution in [0.5, 0.6) is 0 Å². The lowest BCUT2D eigenvalue weighted by atomic mass is 10.1. The molecule has 1 aromatic heterocycles. The first-order valence-corrected chi connectivity index (χ1v) is 8.52. The summed E-state index contributed by atoms with van der Waals surface area (Å²) in [7, 11) is -3.60. The third kappa shape index (κ3) is 3.27. The lowest BCUT2D eigenvalue weighted by molar-refractivity contribution is -0.140. The number of hydrogen-bond donors (Lipinski definition) is 1. The predicted molar refractivity (Wildman–Crippen MR) is 76.4 cm³/mol. The molecule has 1 heterocycles. The lowest BCUT2D eigenvalue weighted by Crippen LogP contribution is -2.32. The Labute approximate surface area is 124 Å². The van der Waals surface area contributed by atoms with Gasteiger partial charge in [-0.15, -0.1) is 11.3 Å². The largest absolute Gasteiger partial charge is 0.350 e. The summed E-state index contributed by atoms with van der Waals surface area (Å²) >= 11 is 0.872. The molecule has 8 heteroatoms. The number of sulfone groups is 1. The zero-order valence-electron chi connectivity index (χ0n) is 10.8. The maximum atomic E-state index is 14.0. The van der Waals surface area contributed by atoms with Crippen molar-refractivity contribution in [2.75, 3.05) is 11.6 Å². The van der Waals surface area contributed by atoms with E-state index in [9.17, 15) is 22.0 Å². The molecule has 0 aliphatic rings. The van der Waals surface area contributed by atoms with Crippen molar-refractivity contribution in [3.8, 4) is 0 Å². The van der Waals surface area contributed by atoms with Crippen LogP contribution in [-0.4, -0.2) is 20.6 Å². The molecule has 1 aromatic carbocycles. The Balaban J connectivity index is 2.29. The standard InChI is InChI=1S/C13H11F2NO3S2/c1-21(18,19)10-7-8-20-11(10)16-12(17)13(14,15)9-5-3-2-4-6-9/h2-8H,1H3,(H,16,17). The van der Waals surface area contributed by atoms with Crippen LogP contribution >= 0.6 is 11.3 Å². The monoisotopic (exact) mass is 331 g/mol. The number of amides is 1. The molecular formula is C13H11F2NO3S2. The van der Waals surface area contributed by atoms with Gasteiger partial charge >= 0.3 is 5.92 Å². The van der Waals surface area contributed by atoms with E-state index in [2.05, 4.69) is 0 Å². The molecule has 2 aromatic rings. The van der Waals surface area contributed by atoms with Crippen LogP contribution in [0.3, 0.4) is 0 Å². The van der Waals surface area contributed by atoms with Crippen molar-refractivity contribution in [1.82, 2.24) is 0 Å². The van der Waals surface area contributed by atoms with Crippen LogP contribution in [0.4, 0.5) is 13.8 Å². The molecule has 1 amide bonds. The molecule has 0 radical (unpaired) electrons. The van der Waals surface area contributed by atoms with Gasteiger partial charge in [-0.25, -0.2) is 8.42 Å². The molecule has 0 aliphatic carbocycles. The fourth-order valence-electron chi connectivity index (χ4n) is 1.64. The van der Waals surface area contributed by atoms with Gasteiger partial charge in [0.05, 0.1) is 0 Å². The molecule has 1 N–H and O–H groups in total. The second-order valence-corrected chi connectivity index (χ2v) is 7.18. The van der Waals surface area contributed by atoms with Gasteiger partial charge in [-0.2, -0.15) is 8.78 Å². The maximum Gasteiger partial charge on any atom is 0.350 e. The summed E-state index contributed by atoms with van der Waals surface area (Å²) in [6.07, 6.45) is 0.944. The van der Waals surface area contributed by atoms with E-state index in [0.29, 0.717) is 0 Å². The van der Waals surface area contributed by atoms with Gasteiger partial charge in [-0.3, -0.25) is 4.79 Å². The molecule has 0 unspecified atom stereocenters. The molecule has 112 valence electrons. The van der Waals surface area contributed by atoms with Gasteiger partial charge in [-0.1, -0.05) is 30.3 Å². The number of benzene rings is 1. The van der Waals surface area contributed by atoms with Gasteiger partial charge < -0.3 is 5.32 Å².